The monoisotopic (exact) mass is 341 g/mol. The van der Waals surface area contributed by atoms with Gasteiger partial charge in [0.1, 0.15) is 4.21 Å². The average Bonchev–Trinajstić information content (AvgIpc) is 2.66. The van der Waals surface area contributed by atoms with Crippen LogP contribution in [0.25, 0.3) is 0 Å². The van der Waals surface area contributed by atoms with Crippen LogP contribution < -0.4 is 4.72 Å². The highest BCUT2D eigenvalue weighted by Gasteiger charge is 2.23. The Balaban J connectivity index is 2.07. The van der Waals surface area contributed by atoms with E-state index in [4.69, 9.17) is 0 Å². The van der Waals surface area contributed by atoms with E-state index in [9.17, 15) is 8.42 Å². The lowest BCUT2D eigenvalue weighted by atomic mass is 10.2. The second-order valence-corrected chi connectivity index (χ2v) is 9.20. The first kappa shape index (κ1) is 12.9. The molecule has 0 spiro atoms. The van der Waals surface area contributed by atoms with Crippen molar-refractivity contribution in [2.24, 2.45) is 0 Å². The van der Waals surface area contributed by atoms with E-state index in [1.807, 2.05) is 11.8 Å². The standard InChI is InChI=1S/C9H12BrNO2S3/c10-8-1-2-9(15-8)16(12,13)11-7-3-5-14-6-4-7/h1-2,7,11H,3-6H2. The molecule has 16 heavy (non-hydrogen) atoms. The molecule has 90 valence electrons. The number of thiophene rings is 1. The summed E-state index contributed by atoms with van der Waals surface area (Å²) >= 11 is 6.40. The third-order valence-electron chi connectivity index (χ3n) is 2.36. The van der Waals surface area contributed by atoms with Crippen LogP contribution in [0.4, 0.5) is 0 Å². The lowest BCUT2D eigenvalue weighted by Crippen LogP contribution is -2.36. The molecule has 2 rings (SSSR count). The van der Waals surface area contributed by atoms with Gasteiger partial charge in [0, 0.05) is 6.04 Å². The number of hydrogen-bond acceptors (Lipinski definition) is 4. The SMILES string of the molecule is O=S(=O)(NC1CCSCC1)c1ccc(Br)s1. The predicted molar refractivity (Wildman–Crippen MR) is 72.7 cm³/mol. The molecule has 0 atom stereocenters. The third-order valence-corrected chi connectivity index (χ3v) is 7.04. The van der Waals surface area contributed by atoms with E-state index >= 15 is 0 Å². The molecule has 0 aliphatic carbocycles. The smallest absolute Gasteiger partial charge is 0.207 e. The van der Waals surface area contributed by atoms with E-state index in [-0.39, 0.29) is 6.04 Å². The molecule has 1 N–H and O–H groups in total. The Kier molecular flexibility index (Phi) is 4.34. The minimum atomic E-state index is -3.31. The maximum absolute atomic E-state index is 12.0. The Morgan fingerprint density at radius 3 is 2.56 bits per heavy atom. The molecule has 3 nitrogen and oxygen atoms in total. The highest BCUT2D eigenvalue weighted by molar-refractivity contribution is 9.11. The van der Waals surface area contributed by atoms with Gasteiger partial charge in [-0.25, -0.2) is 13.1 Å². The third kappa shape index (κ3) is 3.22. The van der Waals surface area contributed by atoms with Gasteiger partial charge in [0.05, 0.1) is 3.79 Å². The summed E-state index contributed by atoms with van der Waals surface area (Å²) in [6.07, 6.45) is 1.85. The highest BCUT2D eigenvalue weighted by Crippen LogP contribution is 2.27. The van der Waals surface area contributed by atoms with Crippen molar-refractivity contribution in [3.63, 3.8) is 0 Å². The molecule has 7 heteroatoms. The summed E-state index contributed by atoms with van der Waals surface area (Å²) in [5.74, 6) is 2.09. The molecule has 0 bridgehead atoms. The van der Waals surface area contributed by atoms with Crippen LogP contribution in [-0.4, -0.2) is 26.0 Å². The van der Waals surface area contributed by atoms with Gasteiger partial charge in [-0.15, -0.1) is 11.3 Å². The summed E-state index contributed by atoms with van der Waals surface area (Å²) in [7, 11) is -3.31. The van der Waals surface area contributed by atoms with Crippen molar-refractivity contribution in [2.75, 3.05) is 11.5 Å². The molecule has 1 saturated heterocycles. The zero-order chi connectivity index (χ0) is 11.6. The summed E-state index contributed by atoms with van der Waals surface area (Å²) in [5, 5.41) is 0. The van der Waals surface area contributed by atoms with Crippen LogP contribution in [0.3, 0.4) is 0 Å². The summed E-state index contributed by atoms with van der Waals surface area (Å²) < 4.78 is 28.0. The van der Waals surface area contributed by atoms with Gasteiger partial charge in [-0.2, -0.15) is 11.8 Å². The number of nitrogens with one attached hydrogen (secondary N) is 1. The van der Waals surface area contributed by atoms with Crippen LogP contribution in [0, 0.1) is 0 Å². The zero-order valence-electron chi connectivity index (χ0n) is 8.48. The molecule has 1 aliphatic heterocycles. The molecule has 0 amide bonds. The fraction of sp³-hybridized carbons (Fsp3) is 0.556. The van der Waals surface area contributed by atoms with Crippen molar-refractivity contribution in [3.05, 3.63) is 15.9 Å². The van der Waals surface area contributed by atoms with Gasteiger partial charge >= 0.3 is 0 Å². The Bertz CT molecular complexity index is 451. The number of thioether (sulfide) groups is 1. The summed E-state index contributed by atoms with van der Waals surface area (Å²) in [6.45, 7) is 0. The quantitative estimate of drug-likeness (QED) is 0.919. The summed E-state index contributed by atoms with van der Waals surface area (Å²) in [5.41, 5.74) is 0. The van der Waals surface area contributed by atoms with Gasteiger partial charge < -0.3 is 0 Å². The first-order chi connectivity index (χ1) is 7.58. The van der Waals surface area contributed by atoms with Gasteiger partial charge in [0.15, 0.2) is 0 Å². The largest absolute Gasteiger partial charge is 0.250 e. The van der Waals surface area contributed by atoms with Gasteiger partial charge in [-0.3, -0.25) is 0 Å². The fourth-order valence-electron chi connectivity index (χ4n) is 1.54. The van der Waals surface area contributed by atoms with Crippen LogP contribution >= 0.6 is 39.0 Å². The predicted octanol–water partition coefficient (Wildman–Crippen LogP) is 2.68. The van der Waals surface area contributed by atoms with E-state index in [1.54, 1.807) is 12.1 Å². The van der Waals surface area contributed by atoms with Crippen molar-refractivity contribution in [1.82, 2.24) is 4.72 Å². The molecular weight excluding hydrogens is 330 g/mol. The topological polar surface area (TPSA) is 46.2 Å². The van der Waals surface area contributed by atoms with Crippen molar-refractivity contribution < 1.29 is 8.42 Å². The summed E-state index contributed by atoms with van der Waals surface area (Å²) in [6, 6.07) is 3.50. The van der Waals surface area contributed by atoms with Gasteiger partial charge in [0.25, 0.3) is 0 Å². The maximum Gasteiger partial charge on any atom is 0.250 e. The van der Waals surface area contributed by atoms with E-state index in [2.05, 4.69) is 20.7 Å². The van der Waals surface area contributed by atoms with Crippen LogP contribution in [0.2, 0.25) is 0 Å². The average molecular weight is 342 g/mol. The van der Waals surface area contributed by atoms with Crippen LogP contribution in [0.1, 0.15) is 12.8 Å². The molecule has 1 aromatic heterocycles. The molecule has 1 aromatic rings. The normalized spacial score (nSPS) is 18.8. The molecule has 0 radical (unpaired) electrons. The van der Waals surface area contributed by atoms with Gasteiger partial charge in [0.2, 0.25) is 10.0 Å². The fourth-order valence-corrected chi connectivity index (χ4v) is 5.97. The van der Waals surface area contributed by atoms with Crippen LogP contribution in [0.15, 0.2) is 20.1 Å². The number of rotatable bonds is 3. The number of sulfonamides is 1. The van der Waals surface area contributed by atoms with Gasteiger partial charge in [-0.05, 0) is 52.4 Å². The van der Waals surface area contributed by atoms with E-state index in [0.717, 1.165) is 28.1 Å². The lowest BCUT2D eigenvalue weighted by molar-refractivity contribution is 0.530. The maximum atomic E-state index is 12.0. The Morgan fingerprint density at radius 2 is 2.00 bits per heavy atom. The second kappa shape index (κ2) is 5.39. The highest BCUT2D eigenvalue weighted by atomic mass is 79.9. The van der Waals surface area contributed by atoms with E-state index < -0.39 is 10.0 Å². The van der Waals surface area contributed by atoms with E-state index in [0.29, 0.717) is 4.21 Å². The van der Waals surface area contributed by atoms with Crippen LogP contribution in [-0.2, 0) is 10.0 Å². The molecule has 0 unspecified atom stereocenters. The molecular formula is C9H12BrNO2S3. The van der Waals surface area contributed by atoms with Crippen molar-refractivity contribution >= 4 is 49.1 Å². The molecule has 0 saturated carbocycles. The molecule has 1 fully saturated rings. The van der Waals surface area contributed by atoms with Crippen molar-refractivity contribution in [3.8, 4) is 0 Å². The van der Waals surface area contributed by atoms with Crippen molar-refractivity contribution in [2.45, 2.75) is 23.1 Å². The Hall–Kier alpha value is 0.440. The second-order valence-electron chi connectivity index (χ2n) is 3.57. The van der Waals surface area contributed by atoms with Crippen LogP contribution in [0.5, 0.6) is 0 Å². The first-order valence-corrected chi connectivity index (χ1v) is 9.18. The van der Waals surface area contributed by atoms with Gasteiger partial charge in [-0.1, -0.05) is 0 Å². The molecule has 0 aromatic carbocycles. The molecule has 2 heterocycles. The Labute approximate surface area is 112 Å². The minimum absolute atomic E-state index is 0.104. The van der Waals surface area contributed by atoms with E-state index in [1.165, 1.54) is 11.3 Å². The lowest BCUT2D eigenvalue weighted by Gasteiger charge is -2.21. The Morgan fingerprint density at radius 1 is 1.31 bits per heavy atom. The summed E-state index contributed by atoms with van der Waals surface area (Å²) in [4.78, 5) is 0. The molecule has 1 aliphatic rings. The first-order valence-electron chi connectivity index (χ1n) is 4.93. The minimum Gasteiger partial charge on any atom is -0.207 e. The number of halogens is 1. The zero-order valence-corrected chi connectivity index (χ0v) is 12.5. The van der Waals surface area contributed by atoms with Crippen molar-refractivity contribution in [1.29, 1.82) is 0 Å². The number of hydrogen-bond donors (Lipinski definition) is 1.